The highest BCUT2D eigenvalue weighted by Gasteiger charge is 2.34. The predicted octanol–water partition coefficient (Wildman–Crippen LogP) is 3.72. The zero-order valence-electron chi connectivity index (χ0n) is 13.2. The molecule has 23 heavy (non-hydrogen) atoms. The lowest BCUT2D eigenvalue weighted by Crippen LogP contribution is -2.41. The van der Waals surface area contributed by atoms with Gasteiger partial charge in [-0.2, -0.15) is 0 Å². The molecule has 1 aliphatic heterocycles. The third-order valence-corrected chi connectivity index (χ3v) is 3.89. The molecule has 4 nitrogen and oxygen atoms in total. The van der Waals surface area contributed by atoms with E-state index in [2.05, 4.69) is 5.32 Å². The zero-order chi connectivity index (χ0) is 15.7. The van der Waals surface area contributed by atoms with Crippen LogP contribution in [0.15, 0.2) is 48.5 Å². The van der Waals surface area contributed by atoms with E-state index in [1.165, 1.54) is 0 Å². The number of ether oxygens (including phenoxy) is 1. The fraction of sp³-hybridized carbons (Fsp3) is 0.278. The van der Waals surface area contributed by atoms with Gasteiger partial charge in [0.2, 0.25) is 0 Å². The van der Waals surface area contributed by atoms with Gasteiger partial charge in [0.1, 0.15) is 11.4 Å². The number of carbonyl (C=O) groups excluding carboxylic acids is 1. The van der Waals surface area contributed by atoms with Gasteiger partial charge in [0.25, 0.3) is 5.91 Å². The molecule has 5 heteroatoms. The van der Waals surface area contributed by atoms with Crippen molar-refractivity contribution in [3.63, 3.8) is 0 Å². The summed E-state index contributed by atoms with van der Waals surface area (Å²) >= 11 is 0. The lowest BCUT2D eigenvalue weighted by atomic mass is 9.89. The fourth-order valence-corrected chi connectivity index (χ4v) is 2.87. The van der Waals surface area contributed by atoms with Crippen molar-refractivity contribution >= 4 is 24.0 Å². The Kier molecular flexibility index (Phi) is 4.85. The first-order chi connectivity index (χ1) is 10.5. The maximum absolute atomic E-state index is 12.5. The van der Waals surface area contributed by atoms with Crippen LogP contribution in [0.25, 0.3) is 0 Å². The Morgan fingerprint density at radius 3 is 2.57 bits per heavy atom. The Morgan fingerprint density at radius 1 is 1.17 bits per heavy atom. The van der Waals surface area contributed by atoms with Crippen molar-refractivity contribution in [3.8, 4) is 5.75 Å². The number of halogens is 1. The van der Waals surface area contributed by atoms with Crippen LogP contribution in [0.2, 0.25) is 0 Å². The van der Waals surface area contributed by atoms with E-state index < -0.39 is 0 Å². The highest BCUT2D eigenvalue weighted by Crippen LogP contribution is 2.39. The van der Waals surface area contributed by atoms with Crippen molar-refractivity contribution in [1.82, 2.24) is 5.32 Å². The minimum absolute atomic E-state index is 0. The molecule has 2 aromatic rings. The van der Waals surface area contributed by atoms with Gasteiger partial charge in [0, 0.05) is 17.7 Å². The number of fused-ring (bicyclic) bond motifs is 1. The number of benzene rings is 2. The standard InChI is InChI=1S/C18H20N2O2.ClH/c1-18(2)11-15(13-8-4-6-10-16(13)22-18)20-17(21)12-7-3-5-9-14(12)19;/h3-10,15H,11,19H2,1-2H3,(H,20,21);1H. The van der Waals surface area contributed by atoms with Crippen molar-refractivity contribution in [3.05, 3.63) is 59.7 Å². The number of nitrogens with one attached hydrogen (secondary N) is 1. The molecular weight excluding hydrogens is 312 g/mol. The van der Waals surface area contributed by atoms with Crippen LogP contribution in [0.1, 0.15) is 42.2 Å². The molecule has 2 aromatic carbocycles. The third kappa shape index (κ3) is 3.59. The molecule has 0 saturated heterocycles. The summed E-state index contributed by atoms with van der Waals surface area (Å²) in [6.45, 7) is 4.05. The molecule has 3 rings (SSSR count). The van der Waals surface area contributed by atoms with Gasteiger partial charge in [-0.25, -0.2) is 0 Å². The molecule has 1 atom stereocenters. The molecule has 3 N–H and O–H groups in total. The van der Waals surface area contributed by atoms with E-state index in [1.54, 1.807) is 12.1 Å². The van der Waals surface area contributed by atoms with Gasteiger partial charge in [-0.3, -0.25) is 4.79 Å². The molecule has 1 heterocycles. The second-order valence-electron chi connectivity index (χ2n) is 6.22. The Balaban J connectivity index is 0.00000192. The molecule has 0 spiro atoms. The van der Waals surface area contributed by atoms with E-state index in [4.69, 9.17) is 10.5 Å². The molecule has 1 aliphatic rings. The van der Waals surface area contributed by atoms with Crippen LogP contribution in [0.5, 0.6) is 5.75 Å². The Hall–Kier alpha value is -2.20. The van der Waals surface area contributed by atoms with Crippen LogP contribution in [0.4, 0.5) is 5.69 Å². The molecule has 0 aromatic heterocycles. The summed E-state index contributed by atoms with van der Waals surface area (Å²) in [4.78, 5) is 12.5. The summed E-state index contributed by atoms with van der Waals surface area (Å²) in [5.74, 6) is 0.667. The maximum atomic E-state index is 12.5. The average Bonchev–Trinajstić information content (AvgIpc) is 2.46. The van der Waals surface area contributed by atoms with E-state index >= 15 is 0 Å². The van der Waals surface area contributed by atoms with Crippen molar-refractivity contribution in [1.29, 1.82) is 0 Å². The quantitative estimate of drug-likeness (QED) is 0.824. The van der Waals surface area contributed by atoms with Gasteiger partial charge in [-0.1, -0.05) is 30.3 Å². The monoisotopic (exact) mass is 332 g/mol. The van der Waals surface area contributed by atoms with Gasteiger partial charge < -0.3 is 15.8 Å². The van der Waals surface area contributed by atoms with Crippen LogP contribution >= 0.6 is 12.4 Å². The van der Waals surface area contributed by atoms with Crippen molar-refractivity contribution in [2.45, 2.75) is 31.9 Å². The van der Waals surface area contributed by atoms with Gasteiger partial charge >= 0.3 is 0 Å². The number of rotatable bonds is 2. The zero-order valence-corrected chi connectivity index (χ0v) is 14.0. The summed E-state index contributed by atoms with van der Waals surface area (Å²) < 4.78 is 5.98. The van der Waals surface area contributed by atoms with Crippen molar-refractivity contribution in [2.75, 3.05) is 5.73 Å². The van der Waals surface area contributed by atoms with E-state index in [0.29, 0.717) is 17.7 Å². The summed E-state index contributed by atoms with van der Waals surface area (Å²) in [6.07, 6.45) is 0.711. The first kappa shape index (κ1) is 17.2. The van der Waals surface area contributed by atoms with Crippen LogP contribution in [-0.4, -0.2) is 11.5 Å². The fourth-order valence-electron chi connectivity index (χ4n) is 2.87. The van der Waals surface area contributed by atoms with E-state index in [9.17, 15) is 4.79 Å². The number of hydrogen-bond donors (Lipinski definition) is 2. The second-order valence-corrected chi connectivity index (χ2v) is 6.22. The highest BCUT2D eigenvalue weighted by molar-refractivity contribution is 5.99. The van der Waals surface area contributed by atoms with Crippen molar-refractivity contribution < 1.29 is 9.53 Å². The van der Waals surface area contributed by atoms with Crippen molar-refractivity contribution in [2.24, 2.45) is 0 Å². The Morgan fingerprint density at radius 2 is 1.83 bits per heavy atom. The molecule has 0 radical (unpaired) electrons. The molecule has 1 amide bonds. The van der Waals surface area contributed by atoms with Crippen LogP contribution < -0.4 is 15.8 Å². The molecule has 1 unspecified atom stereocenters. The second kappa shape index (κ2) is 6.50. The van der Waals surface area contributed by atoms with Gasteiger partial charge in [0.05, 0.1) is 11.6 Å². The SMILES string of the molecule is CC1(C)CC(NC(=O)c2ccccc2N)c2ccccc2O1.Cl. The topological polar surface area (TPSA) is 64.4 Å². The number of para-hydroxylation sites is 2. The van der Waals surface area contributed by atoms with E-state index in [-0.39, 0.29) is 30.0 Å². The van der Waals surface area contributed by atoms with Gasteiger partial charge in [0.15, 0.2) is 0 Å². The van der Waals surface area contributed by atoms with Gasteiger partial charge in [-0.05, 0) is 32.0 Å². The molecule has 122 valence electrons. The summed E-state index contributed by atoms with van der Waals surface area (Å²) in [6, 6.07) is 14.8. The highest BCUT2D eigenvalue weighted by atomic mass is 35.5. The van der Waals surface area contributed by atoms with E-state index in [0.717, 1.165) is 11.3 Å². The first-order valence-corrected chi connectivity index (χ1v) is 7.39. The van der Waals surface area contributed by atoms with Crippen LogP contribution in [-0.2, 0) is 0 Å². The first-order valence-electron chi connectivity index (χ1n) is 7.39. The molecule has 0 saturated carbocycles. The molecule has 0 aliphatic carbocycles. The Labute approximate surface area is 142 Å². The van der Waals surface area contributed by atoms with Gasteiger partial charge in [-0.15, -0.1) is 12.4 Å². The van der Waals surface area contributed by atoms with E-state index in [1.807, 2.05) is 50.2 Å². The molecule has 0 bridgehead atoms. The van der Waals surface area contributed by atoms with Crippen LogP contribution in [0.3, 0.4) is 0 Å². The summed E-state index contributed by atoms with van der Waals surface area (Å²) in [5.41, 5.74) is 7.56. The normalized spacial score (nSPS) is 18.1. The van der Waals surface area contributed by atoms with Crippen LogP contribution in [0, 0.1) is 0 Å². The number of amides is 1. The molecular formula is C18H21ClN2O2. The minimum Gasteiger partial charge on any atom is -0.487 e. The number of nitrogens with two attached hydrogens (primary N) is 1. The predicted molar refractivity (Wildman–Crippen MR) is 94.1 cm³/mol. The average molecular weight is 333 g/mol. The molecule has 0 fully saturated rings. The number of hydrogen-bond acceptors (Lipinski definition) is 3. The largest absolute Gasteiger partial charge is 0.487 e. The lowest BCUT2D eigenvalue weighted by Gasteiger charge is -2.37. The lowest BCUT2D eigenvalue weighted by molar-refractivity contribution is 0.0620. The maximum Gasteiger partial charge on any atom is 0.253 e. The number of carbonyl (C=O) groups is 1. The number of nitrogen functional groups attached to an aromatic ring is 1. The number of anilines is 1. The minimum atomic E-state index is -0.325. The Bertz CT molecular complexity index is 716. The third-order valence-electron chi connectivity index (χ3n) is 3.89. The smallest absolute Gasteiger partial charge is 0.253 e. The summed E-state index contributed by atoms with van der Waals surface area (Å²) in [5, 5.41) is 3.09. The summed E-state index contributed by atoms with van der Waals surface area (Å²) in [7, 11) is 0.